The summed E-state index contributed by atoms with van der Waals surface area (Å²) in [5, 5.41) is 0. The average molecular weight is 238 g/mol. The summed E-state index contributed by atoms with van der Waals surface area (Å²) in [6, 6.07) is 0. The fraction of sp³-hybridized carbons (Fsp3) is 0.750. The van der Waals surface area contributed by atoms with Crippen LogP contribution in [-0.4, -0.2) is 39.4 Å². The first-order chi connectivity index (χ1) is 6.95. The Hall–Kier alpha value is -0.390. The van der Waals surface area contributed by atoms with Crippen LogP contribution in [0, 0.1) is 0 Å². The van der Waals surface area contributed by atoms with Gasteiger partial charge in [-0.05, 0) is 6.92 Å². The molecule has 1 aliphatic heterocycles. The molecule has 0 bridgehead atoms. The summed E-state index contributed by atoms with van der Waals surface area (Å²) in [4.78, 5) is 13.7. The molecule has 0 fully saturated rings. The van der Waals surface area contributed by atoms with Crippen molar-refractivity contribution >= 4 is 7.82 Å². The molecule has 0 aromatic heterocycles. The SMILES string of the molecule is CCN1C=C[NH+](C)C1.COP(=O)([O-])OC. The second-order valence-electron chi connectivity index (χ2n) is 3.04. The van der Waals surface area contributed by atoms with Gasteiger partial charge < -0.3 is 18.8 Å². The predicted octanol–water partition coefficient (Wildman–Crippen LogP) is -0.987. The van der Waals surface area contributed by atoms with Gasteiger partial charge in [0, 0.05) is 20.8 Å². The first-order valence-corrected chi connectivity index (χ1v) is 6.08. The van der Waals surface area contributed by atoms with E-state index in [0.717, 1.165) is 27.4 Å². The molecule has 1 unspecified atom stereocenters. The Morgan fingerprint density at radius 2 is 2.07 bits per heavy atom. The number of rotatable bonds is 3. The zero-order valence-electron chi connectivity index (χ0n) is 9.60. The van der Waals surface area contributed by atoms with Crippen LogP contribution in [-0.2, 0) is 13.6 Å². The molecule has 0 saturated carbocycles. The van der Waals surface area contributed by atoms with E-state index in [4.69, 9.17) is 0 Å². The highest BCUT2D eigenvalue weighted by Gasteiger charge is 2.08. The molecule has 15 heavy (non-hydrogen) atoms. The van der Waals surface area contributed by atoms with Crippen LogP contribution in [0.4, 0.5) is 0 Å². The fourth-order valence-corrected chi connectivity index (χ4v) is 1.10. The zero-order valence-corrected chi connectivity index (χ0v) is 10.5. The summed E-state index contributed by atoms with van der Waals surface area (Å²) >= 11 is 0. The minimum Gasteiger partial charge on any atom is -0.756 e. The Balaban J connectivity index is 0.000000265. The molecule has 7 heteroatoms. The van der Waals surface area contributed by atoms with Crippen LogP contribution in [0.3, 0.4) is 0 Å². The number of hydrogen-bond donors (Lipinski definition) is 1. The molecule has 1 atom stereocenters. The monoisotopic (exact) mass is 238 g/mol. The fourth-order valence-electron chi connectivity index (χ4n) is 0.950. The number of nitrogens with one attached hydrogen (secondary N) is 1. The number of quaternary nitrogens is 1. The maximum Gasteiger partial charge on any atom is 0.267 e. The molecule has 0 aromatic rings. The molecule has 6 nitrogen and oxygen atoms in total. The summed E-state index contributed by atoms with van der Waals surface area (Å²) < 4.78 is 17.7. The third kappa shape index (κ3) is 6.65. The molecular formula is C8H19N2O4P. The third-order valence-corrected chi connectivity index (χ3v) is 2.77. The molecule has 1 rings (SSSR count). The average Bonchev–Trinajstić information content (AvgIpc) is 2.65. The molecular weight excluding hydrogens is 219 g/mol. The Morgan fingerprint density at radius 1 is 1.53 bits per heavy atom. The quantitative estimate of drug-likeness (QED) is 0.640. The van der Waals surface area contributed by atoms with E-state index < -0.39 is 7.82 Å². The summed E-state index contributed by atoms with van der Waals surface area (Å²) in [6.07, 6.45) is 4.32. The lowest BCUT2D eigenvalue weighted by Gasteiger charge is -2.16. The van der Waals surface area contributed by atoms with Gasteiger partial charge in [-0.3, -0.25) is 9.46 Å². The van der Waals surface area contributed by atoms with Gasteiger partial charge in [0.05, 0.1) is 13.2 Å². The molecule has 0 amide bonds. The lowest BCUT2D eigenvalue weighted by molar-refractivity contribution is -0.826. The summed E-state index contributed by atoms with van der Waals surface area (Å²) in [5.74, 6) is 0. The largest absolute Gasteiger partial charge is 0.756 e. The van der Waals surface area contributed by atoms with E-state index >= 15 is 0 Å². The second kappa shape index (κ2) is 6.98. The second-order valence-corrected chi connectivity index (χ2v) is 4.66. The zero-order chi connectivity index (χ0) is 11.9. The molecule has 0 aromatic carbocycles. The van der Waals surface area contributed by atoms with Crippen LogP contribution in [0.1, 0.15) is 6.92 Å². The molecule has 0 radical (unpaired) electrons. The number of hydrogen-bond acceptors (Lipinski definition) is 5. The first-order valence-electron chi connectivity index (χ1n) is 4.62. The Labute approximate surface area is 90.7 Å². The molecule has 1 N–H and O–H groups in total. The molecule has 0 saturated heterocycles. The topological polar surface area (TPSA) is 66.3 Å². The van der Waals surface area contributed by atoms with Gasteiger partial charge in [0.2, 0.25) is 0 Å². The summed E-state index contributed by atoms with van der Waals surface area (Å²) in [5.41, 5.74) is 0. The van der Waals surface area contributed by atoms with Gasteiger partial charge in [-0.15, -0.1) is 0 Å². The van der Waals surface area contributed by atoms with Crippen molar-refractivity contribution in [3.63, 3.8) is 0 Å². The van der Waals surface area contributed by atoms with Crippen LogP contribution in [0.5, 0.6) is 0 Å². The number of phosphoric acid groups is 1. The number of phosphoric ester groups is 1. The smallest absolute Gasteiger partial charge is 0.267 e. The minimum absolute atomic E-state index is 1.04. The van der Waals surface area contributed by atoms with Crippen LogP contribution in [0.25, 0.3) is 0 Å². The van der Waals surface area contributed by atoms with Crippen molar-refractivity contribution in [3.05, 3.63) is 12.4 Å². The summed E-state index contributed by atoms with van der Waals surface area (Å²) in [6.45, 7) is 4.44. The van der Waals surface area contributed by atoms with Crippen molar-refractivity contribution in [1.29, 1.82) is 0 Å². The van der Waals surface area contributed by atoms with E-state index in [1.807, 2.05) is 0 Å². The van der Waals surface area contributed by atoms with Gasteiger partial charge >= 0.3 is 0 Å². The van der Waals surface area contributed by atoms with E-state index in [-0.39, 0.29) is 0 Å². The maximum absolute atomic E-state index is 9.95. The highest BCUT2D eigenvalue weighted by atomic mass is 31.2. The molecule has 0 spiro atoms. The van der Waals surface area contributed by atoms with Crippen molar-refractivity contribution in [2.75, 3.05) is 34.5 Å². The van der Waals surface area contributed by atoms with Gasteiger partial charge in [0.1, 0.15) is 6.20 Å². The molecule has 90 valence electrons. The van der Waals surface area contributed by atoms with Crippen molar-refractivity contribution < 1.29 is 23.4 Å². The Bertz CT molecular complexity index is 239. The molecule has 1 aliphatic rings. The van der Waals surface area contributed by atoms with E-state index in [1.165, 1.54) is 4.90 Å². The molecule has 1 heterocycles. The highest BCUT2D eigenvalue weighted by molar-refractivity contribution is 7.45. The van der Waals surface area contributed by atoms with Crippen LogP contribution < -0.4 is 9.79 Å². The molecule has 0 aliphatic carbocycles. The normalized spacial score (nSPS) is 20.1. The van der Waals surface area contributed by atoms with Crippen molar-refractivity contribution in [2.45, 2.75) is 6.92 Å². The number of nitrogens with zero attached hydrogens (tertiary/aromatic N) is 1. The van der Waals surface area contributed by atoms with Gasteiger partial charge in [-0.2, -0.15) is 0 Å². The van der Waals surface area contributed by atoms with E-state index in [2.05, 4.69) is 40.3 Å². The van der Waals surface area contributed by atoms with E-state index in [9.17, 15) is 9.46 Å². The van der Waals surface area contributed by atoms with Crippen LogP contribution >= 0.6 is 7.82 Å². The van der Waals surface area contributed by atoms with Gasteiger partial charge in [0.25, 0.3) is 7.82 Å². The maximum atomic E-state index is 9.95. The van der Waals surface area contributed by atoms with Crippen LogP contribution in [0.2, 0.25) is 0 Å². The van der Waals surface area contributed by atoms with Crippen molar-refractivity contribution in [3.8, 4) is 0 Å². The highest BCUT2D eigenvalue weighted by Crippen LogP contribution is 2.34. The van der Waals surface area contributed by atoms with Crippen molar-refractivity contribution in [2.24, 2.45) is 0 Å². The van der Waals surface area contributed by atoms with Gasteiger partial charge in [0.15, 0.2) is 6.67 Å². The van der Waals surface area contributed by atoms with Gasteiger partial charge in [-0.25, -0.2) is 0 Å². The lowest BCUT2D eigenvalue weighted by atomic mass is 10.6. The Morgan fingerprint density at radius 3 is 2.20 bits per heavy atom. The predicted molar refractivity (Wildman–Crippen MR) is 54.9 cm³/mol. The minimum atomic E-state index is -3.90. The van der Waals surface area contributed by atoms with Crippen LogP contribution in [0.15, 0.2) is 12.4 Å². The van der Waals surface area contributed by atoms with Gasteiger partial charge in [-0.1, -0.05) is 0 Å². The first kappa shape index (κ1) is 14.6. The lowest BCUT2D eigenvalue weighted by Crippen LogP contribution is -3.03. The van der Waals surface area contributed by atoms with E-state index in [1.54, 1.807) is 0 Å². The van der Waals surface area contributed by atoms with E-state index in [0.29, 0.717) is 0 Å². The van der Waals surface area contributed by atoms with Crippen molar-refractivity contribution in [1.82, 2.24) is 4.90 Å². The third-order valence-electron chi connectivity index (χ3n) is 1.88. The Kier molecular flexibility index (Phi) is 6.80. The summed E-state index contributed by atoms with van der Waals surface area (Å²) in [7, 11) is 0.332. The standard InChI is InChI=1S/C6H12N2.C2H7O4P/c1-3-8-5-4-7(2)6-8;1-5-7(3,4)6-2/h4-5H,3,6H2,1-2H3;1-2H3,(H,3,4).